The summed E-state index contributed by atoms with van der Waals surface area (Å²) in [5.74, 6) is -1.42. The molecule has 5 nitrogen and oxygen atoms in total. The number of nitrogens with zero attached hydrogens (tertiary/aromatic N) is 1. The summed E-state index contributed by atoms with van der Waals surface area (Å²) in [6.07, 6.45) is 1.10. The fourth-order valence-electron chi connectivity index (χ4n) is 2.62. The molecule has 0 saturated heterocycles. The van der Waals surface area contributed by atoms with Crippen molar-refractivity contribution in [3.8, 4) is 0 Å². The first-order chi connectivity index (χ1) is 10.0. The van der Waals surface area contributed by atoms with Gasteiger partial charge in [-0.25, -0.2) is 4.39 Å². The number of benzene rings is 1. The molecule has 0 saturated carbocycles. The smallest absolute Gasteiger partial charge is 0.258 e. The van der Waals surface area contributed by atoms with Crippen molar-refractivity contribution in [3.63, 3.8) is 0 Å². The third-order valence-electron chi connectivity index (χ3n) is 3.78. The minimum atomic E-state index is -0.765. The van der Waals surface area contributed by atoms with Crippen LogP contribution in [0, 0.1) is 12.7 Å². The number of hydrogen-bond donors (Lipinski definition) is 1. The number of rotatable bonds is 5. The zero-order valence-electron chi connectivity index (χ0n) is 12.0. The lowest BCUT2D eigenvalue weighted by atomic mass is 10.0. The number of aldehydes is 1. The number of likely N-dealkylation sites (N-methyl/N-ethyl adjacent to an activating group) is 1. The van der Waals surface area contributed by atoms with Crippen LogP contribution < -0.4 is 5.32 Å². The molecular formula is C15H17FN2O3. The van der Waals surface area contributed by atoms with Crippen LogP contribution in [-0.4, -0.2) is 36.1 Å². The second-order valence-electron chi connectivity index (χ2n) is 5.02. The van der Waals surface area contributed by atoms with Gasteiger partial charge in [0.25, 0.3) is 5.91 Å². The van der Waals surface area contributed by atoms with Crippen LogP contribution in [0.4, 0.5) is 4.39 Å². The summed E-state index contributed by atoms with van der Waals surface area (Å²) in [5.41, 5.74) is 1.46. The zero-order chi connectivity index (χ0) is 15.6. The maximum absolute atomic E-state index is 13.9. The van der Waals surface area contributed by atoms with E-state index in [-0.39, 0.29) is 30.9 Å². The molecule has 1 N–H and O–H groups in total. The summed E-state index contributed by atoms with van der Waals surface area (Å²) in [6, 6.07) is 2.11. The van der Waals surface area contributed by atoms with Crippen molar-refractivity contribution < 1.29 is 18.8 Å². The lowest BCUT2D eigenvalue weighted by Crippen LogP contribution is -2.46. The molecule has 1 aliphatic heterocycles. The third-order valence-corrected chi connectivity index (χ3v) is 3.78. The van der Waals surface area contributed by atoms with Gasteiger partial charge < -0.3 is 15.0 Å². The Balaban J connectivity index is 2.35. The van der Waals surface area contributed by atoms with E-state index >= 15 is 0 Å². The van der Waals surface area contributed by atoms with Gasteiger partial charge in [-0.1, -0.05) is 6.07 Å². The lowest BCUT2D eigenvalue weighted by Gasteiger charge is -2.25. The molecular weight excluding hydrogens is 275 g/mol. The van der Waals surface area contributed by atoms with Crippen LogP contribution in [0.15, 0.2) is 12.1 Å². The van der Waals surface area contributed by atoms with Gasteiger partial charge in [0.2, 0.25) is 5.91 Å². The van der Waals surface area contributed by atoms with Gasteiger partial charge in [-0.2, -0.15) is 0 Å². The van der Waals surface area contributed by atoms with Gasteiger partial charge in [0.05, 0.1) is 5.56 Å². The maximum Gasteiger partial charge on any atom is 0.258 e. The molecule has 6 heteroatoms. The summed E-state index contributed by atoms with van der Waals surface area (Å²) in [4.78, 5) is 36.3. The average molecular weight is 292 g/mol. The summed E-state index contributed by atoms with van der Waals surface area (Å²) in [6.45, 7) is 1.99. The van der Waals surface area contributed by atoms with Crippen molar-refractivity contribution in [2.24, 2.45) is 0 Å². The molecule has 0 spiro atoms. The van der Waals surface area contributed by atoms with Crippen LogP contribution in [0.2, 0.25) is 0 Å². The van der Waals surface area contributed by atoms with Crippen molar-refractivity contribution in [1.82, 2.24) is 10.2 Å². The highest BCUT2D eigenvalue weighted by Crippen LogP contribution is 2.30. The Labute approximate surface area is 122 Å². The number of fused-ring (bicyclic) bond motifs is 1. The molecule has 0 fully saturated rings. The topological polar surface area (TPSA) is 66.5 Å². The molecule has 21 heavy (non-hydrogen) atoms. The van der Waals surface area contributed by atoms with E-state index in [1.165, 1.54) is 18.0 Å². The van der Waals surface area contributed by atoms with Gasteiger partial charge in [0.15, 0.2) is 0 Å². The first kappa shape index (κ1) is 15.2. The van der Waals surface area contributed by atoms with E-state index in [1.54, 1.807) is 13.0 Å². The Morgan fingerprint density at radius 3 is 2.81 bits per heavy atom. The zero-order valence-corrected chi connectivity index (χ0v) is 12.0. The number of carbonyl (C=O) groups is 3. The maximum atomic E-state index is 13.9. The summed E-state index contributed by atoms with van der Waals surface area (Å²) >= 11 is 0. The van der Waals surface area contributed by atoms with Crippen LogP contribution in [0.5, 0.6) is 0 Å². The normalized spacial score (nSPS) is 14.8. The highest BCUT2D eigenvalue weighted by molar-refractivity contribution is 6.01. The third kappa shape index (κ3) is 2.66. The van der Waals surface area contributed by atoms with Crippen molar-refractivity contribution in [2.45, 2.75) is 32.4 Å². The first-order valence-corrected chi connectivity index (χ1v) is 6.75. The molecule has 1 unspecified atom stereocenters. The van der Waals surface area contributed by atoms with Crippen molar-refractivity contribution in [1.29, 1.82) is 0 Å². The summed E-state index contributed by atoms with van der Waals surface area (Å²) < 4.78 is 13.9. The van der Waals surface area contributed by atoms with E-state index in [0.717, 1.165) is 5.56 Å². The van der Waals surface area contributed by atoms with E-state index in [9.17, 15) is 18.8 Å². The molecule has 0 radical (unpaired) electrons. The van der Waals surface area contributed by atoms with E-state index < -0.39 is 17.8 Å². The summed E-state index contributed by atoms with van der Waals surface area (Å²) in [5, 5.41) is 2.48. The van der Waals surface area contributed by atoms with Gasteiger partial charge in [-0.3, -0.25) is 9.59 Å². The minimum Gasteiger partial charge on any atom is -0.357 e. The fraction of sp³-hybridized carbons (Fsp3) is 0.400. The molecule has 1 aromatic carbocycles. The standard InChI is InChI=1S/C15H17FN2O3/c1-9-5-6-11(16)13-10(9)8-18(15(13)21)12(4-3-7-19)14(20)17-2/h5-7,12H,3-4,8H2,1-2H3,(H,17,20). The van der Waals surface area contributed by atoms with Crippen molar-refractivity contribution in [3.05, 3.63) is 34.6 Å². The van der Waals surface area contributed by atoms with Crippen LogP contribution in [0.3, 0.4) is 0 Å². The van der Waals surface area contributed by atoms with Gasteiger partial charge in [-0.15, -0.1) is 0 Å². The number of carbonyl (C=O) groups excluding carboxylic acids is 3. The highest BCUT2D eigenvalue weighted by Gasteiger charge is 2.38. The number of hydrogen-bond acceptors (Lipinski definition) is 3. The monoisotopic (exact) mass is 292 g/mol. The van der Waals surface area contributed by atoms with Crippen molar-refractivity contribution in [2.75, 3.05) is 7.05 Å². The molecule has 112 valence electrons. The van der Waals surface area contributed by atoms with Gasteiger partial charge in [-0.05, 0) is 30.5 Å². The van der Waals surface area contributed by atoms with Crippen LogP contribution in [-0.2, 0) is 16.1 Å². The molecule has 0 aliphatic carbocycles. The highest BCUT2D eigenvalue weighted by atomic mass is 19.1. The second-order valence-corrected chi connectivity index (χ2v) is 5.02. The lowest BCUT2D eigenvalue weighted by molar-refractivity contribution is -0.125. The Hall–Kier alpha value is -2.24. The SMILES string of the molecule is CNC(=O)C(CCC=O)N1Cc2c(C)ccc(F)c2C1=O. The molecule has 2 amide bonds. The number of aryl methyl sites for hydroxylation is 1. The quantitative estimate of drug-likeness (QED) is 0.829. The number of amides is 2. The molecule has 0 aromatic heterocycles. The Morgan fingerprint density at radius 1 is 1.52 bits per heavy atom. The van der Waals surface area contributed by atoms with Crippen molar-refractivity contribution >= 4 is 18.1 Å². The van der Waals surface area contributed by atoms with E-state index in [0.29, 0.717) is 11.8 Å². The predicted molar refractivity (Wildman–Crippen MR) is 74.2 cm³/mol. The fourth-order valence-corrected chi connectivity index (χ4v) is 2.62. The molecule has 1 aromatic rings. The van der Waals surface area contributed by atoms with Gasteiger partial charge in [0.1, 0.15) is 18.1 Å². The predicted octanol–water partition coefficient (Wildman–Crippen LogP) is 1.18. The number of nitrogens with one attached hydrogen (secondary N) is 1. The number of halogens is 1. The molecule has 0 bridgehead atoms. The first-order valence-electron chi connectivity index (χ1n) is 6.75. The molecule has 1 atom stereocenters. The molecule has 2 rings (SSSR count). The molecule has 1 aliphatic rings. The second kappa shape index (κ2) is 6.03. The Morgan fingerprint density at radius 2 is 2.24 bits per heavy atom. The van der Waals surface area contributed by atoms with Crippen LogP contribution in [0.1, 0.15) is 34.3 Å². The largest absolute Gasteiger partial charge is 0.357 e. The Bertz CT molecular complexity index is 601. The van der Waals surface area contributed by atoms with Crippen LogP contribution in [0.25, 0.3) is 0 Å². The van der Waals surface area contributed by atoms with E-state index in [2.05, 4.69) is 5.32 Å². The summed E-state index contributed by atoms with van der Waals surface area (Å²) in [7, 11) is 1.47. The van der Waals surface area contributed by atoms with E-state index in [4.69, 9.17) is 0 Å². The minimum absolute atomic E-state index is 0.0370. The Kier molecular flexibility index (Phi) is 4.35. The van der Waals surface area contributed by atoms with E-state index in [1.807, 2.05) is 0 Å². The van der Waals surface area contributed by atoms with Crippen LogP contribution >= 0.6 is 0 Å². The molecule has 1 heterocycles. The average Bonchev–Trinajstić information content (AvgIpc) is 2.82. The van der Waals surface area contributed by atoms with Gasteiger partial charge >= 0.3 is 0 Å². The van der Waals surface area contributed by atoms with Gasteiger partial charge in [0, 0.05) is 20.0 Å².